The van der Waals surface area contributed by atoms with Gasteiger partial charge in [-0.1, -0.05) is 50.6 Å². The van der Waals surface area contributed by atoms with Crippen LogP contribution in [-0.4, -0.2) is 10.2 Å². The Labute approximate surface area is 159 Å². The molecule has 4 nitrogen and oxygen atoms in total. The minimum atomic E-state index is 0.0213. The molecule has 0 amide bonds. The molecule has 136 valence electrons. The number of nitrogens with one attached hydrogen (secondary N) is 2. The lowest BCUT2D eigenvalue weighted by molar-refractivity contribution is 0.306. The van der Waals surface area contributed by atoms with Gasteiger partial charge in [0.2, 0.25) is 0 Å². The van der Waals surface area contributed by atoms with Crippen molar-refractivity contribution in [1.82, 2.24) is 10.2 Å². The first-order chi connectivity index (χ1) is 12.4. The van der Waals surface area contributed by atoms with Crippen molar-refractivity contribution in [2.24, 2.45) is 0 Å². The Morgan fingerprint density at radius 1 is 1.04 bits per heavy atom. The first kappa shape index (κ1) is 18.3. The van der Waals surface area contributed by atoms with E-state index in [0.29, 0.717) is 6.61 Å². The van der Waals surface area contributed by atoms with E-state index >= 15 is 0 Å². The van der Waals surface area contributed by atoms with Crippen LogP contribution in [0.4, 0.5) is 5.69 Å². The van der Waals surface area contributed by atoms with Gasteiger partial charge in [-0.3, -0.25) is 5.10 Å². The zero-order valence-electron chi connectivity index (χ0n) is 15.3. The summed E-state index contributed by atoms with van der Waals surface area (Å²) in [5, 5.41) is 11.5. The van der Waals surface area contributed by atoms with E-state index in [0.717, 1.165) is 34.3 Å². The minimum absolute atomic E-state index is 0.0213. The highest BCUT2D eigenvalue weighted by atomic mass is 35.5. The Balaban J connectivity index is 1.57. The molecule has 0 radical (unpaired) electrons. The molecule has 0 aliphatic carbocycles. The second-order valence-electron chi connectivity index (χ2n) is 7.27. The van der Waals surface area contributed by atoms with E-state index in [1.807, 2.05) is 54.7 Å². The van der Waals surface area contributed by atoms with Gasteiger partial charge in [0.25, 0.3) is 0 Å². The first-order valence-corrected chi connectivity index (χ1v) is 9.04. The van der Waals surface area contributed by atoms with Crippen molar-refractivity contribution in [3.8, 4) is 5.75 Å². The number of hydrogen-bond donors (Lipinski definition) is 2. The Hall–Kier alpha value is -2.46. The average molecular weight is 370 g/mol. The van der Waals surface area contributed by atoms with Gasteiger partial charge in [-0.25, -0.2) is 0 Å². The normalized spacial score (nSPS) is 11.4. The quantitative estimate of drug-likeness (QED) is 0.598. The maximum atomic E-state index is 6.15. The van der Waals surface area contributed by atoms with Crippen LogP contribution in [0, 0.1) is 0 Å². The monoisotopic (exact) mass is 369 g/mol. The van der Waals surface area contributed by atoms with Crippen molar-refractivity contribution in [2.75, 3.05) is 5.32 Å². The van der Waals surface area contributed by atoms with Crippen LogP contribution in [0.2, 0.25) is 5.02 Å². The molecule has 2 N–H and O–H groups in total. The number of H-pyrrole nitrogens is 1. The van der Waals surface area contributed by atoms with Crippen LogP contribution in [0.25, 0.3) is 0 Å². The number of aromatic amines is 1. The second kappa shape index (κ2) is 7.83. The van der Waals surface area contributed by atoms with Crippen molar-refractivity contribution in [2.45, 2.75) is 39.3 Å². The molecule has 0 spiro atoms. The SMILES string of the molecule is CC(C)(C)c1n[nH]cc1CNc1ccc(OCc2ccccc2Cl)cc1. The van der Waals surface area contributed by atoms with Crippen LogP contribution in [-0.2, 0) is 18.6 Å². The Bertz CT molecular complexity index is 850. The zero-order valence-corrected chi connectivity index (χ0v) is 16.1. The van der Waals surface area contributed by atoms with Gasteiger partial charge in [-0.05, 0) is 30.3 Å². The van der Waals surface area contributed by atoms with Gasteiger partial charge in [0.15, 0.2) is 0 Å². The van der Waals surface area contributed by atoms with Gasteiger partial charge < -0.3 is 10.1 Å². The highest BCUT2D eigenvalue weighted by Crippen LogP contribution is 2.25. The van der Waals surface area contributed by atoms with Gasteiger partial charge in [-0.2, -0.15) is 5.10 Å². The lowest BCUT2D eigenvalue weighted by atomic mass is 9.89. The molecular formula is C21H24ClN3O. The number of rotatable bonds is 6. The molecule has 0 bridgehead atoms. The summed E-state index contributed by atoms with van der Waals surface area (Å²) in [7, 11) is 0. The number of halogens is 1. The van der Waals surface area contributed by atoms with Crippen LogP contribution in [0.15, 0.2) is 54.7 Å². The van der Waals surface area contributed by atoms with Crippen molar-refractivity contribution < 1.29 is 4.74 Å². The molecule has 0 saturated heterocycles. The summed E-state index contributed by atoms with van der Waals surface area (Å²) < 4.78 is 5.81. The molecule has 3 aromatic rings. The molecule has 3 rings (SSSR count). The molecule has 1 aromatic heterocycles. The predicted octanol–water partition coefficient (Wildman–Crippen LogP) is 5.55. The third kappa shape index (κ3) is 4.58. The van der Waals surface area contributed by atoms with E-state index in [-0.39, 0.29) is 5.41 Å². The van der Waals surface area contributed by atoms with E-state index in [9.17, 15) is 0 Å². The highest BCUT2D eigenvalue weighted by Gasteiger charge is 2.20. The number of anilines is 1. The van der Waals surface area contributed by atoms with Gasteiger partial charge in [0.1, 0.15) is 12.4 Å². The minimum Gasteiger partial charge on any atom is -0.489 e. The highest BCUT2D eigenvalue weighted by molar-refractivity contribution is 6.31. The number of hydrogen-bond acceptors (Lipinski definition) is 3. The Morgan fingerprint density at radius 3 is 2.46 bits per heavy atom. The number of nitrogens with zero attached hydrogens (tertiary/aromatic N) is 1. The van der Waals surface area contributed by atoms with E-state index in [1.54, 1.807) is 0 Å². The molecule has 0 aliphatic heterocycles. The summed E-state index contributed by atoms with van der Waals surface area (Å²) in [5.74, 6) is 0.814. The fourth-order valence-corrected chi connectivity index (χ4v) is 2.93. The molecule has 0 aliphatic rings. The Morgan fingerprint density at radius 2 is 1.77 bits per heavy atom. The summed E-state index contributed by atoms with van der Waals surface area (Å²) in [4.78, 5) is 0. The van der Waals surface area contributed by atoms with Crippen molar-refractivity contribution in [3.05, 3.63) is 76.6 Å². The molecule has 0 unspecified atom stereocenters. The third-order valence-electron chi connectivity index (χ3n) is 4.12. The molecule has 2 aromatic carbocycles. The maximum Gasteiger partial charge on any atom is 0.119 e. The van der Waals surface area contributed by atoms with E-state index in [2.05, 4.69) is 36.3 Å². The number of ether oxygens (including phenoxy) is 1. The van der Waals surface area contributed by atoms with Crippen LogP contribution >= 0.6 is 11.6 Å². The van der Waals surface area contributed by atoms with Gasteiger partial charge in [-0.15, -0.1) is 0 Å². The summed E-state index contributed by atoms with van der Waals surface area (Å²) in [6, 6.07) is 15.7. The zero-order chi connectivity index (χ0) is 18.6. The maximum absolute atomic E-state index is 6.15. The van der Waals surface area contributed by atoms with E-state index in [4.69, 9.17) is 16.3 Å². The third-order valence-corrected chi connectivity index (χ3v) is 4.49. The smallest absolute Gasteiger partial charge is 0.119 e. The summed E-state index contributed by atoms with van der Waals surface area (Å²) >= 11 is 6.15. The summed E-state index contributed by atoms with van der Waals surface area (Å²) in [6.45, 7) is 7.67. The lowest BCUT2D eigenvalue weighted by Gasteiger charge is -2.18. The summed E-state index contributed by atoms with van der Waals surface area (Å²) in [5.41, 5.74) is 4.30. The second-order valence-corrected chi connectivity index (χ2v) is 7.67. The predicted molar refractivity (Wildman–Crippen MR) is 107 cm³/mol. The van der Waals surface area contributed by atoms with Crippen molar-refractivity contribution >= 4 is 17.3 Å². The van der Waals surface area contributed by atoms with Gasteiger partial charge in [0.05, 0.1) is 5.69 Å². The van der Waals surface area contributed by atoms with E-state index < -0.39 is 0 Å². The lowest BCUT2D eigenvalue weighted by Crippen LogP contribution is -2.15. The summed E-state index contributed by atoms with van der Waals surface area (Å²) in [6.07, 6.45) is 1.95. The number of benzene rings is 2. The van der Waals surface area contributed by atoms with Crippen LogP contribution in [0.1, 0.15) is 37.6 Å². The van der Waals surface area contributed by atoms with E-state index in [1.165, 1.54) is 5.56 Å². The average Bonchev–Trinajstić information content (AvgIpc) is 3.09. The molecule has 26 heavy (non-hydrogen) atoms. The van der Waals surface area contributed by atoms with Gasteiger partial charge in [0, 0.05) is 40.0 Å². The largest absolute Gasteiger partial charge is 0.489 e. The molecule has 0 fully saturated rings. The molecule has 5 heteroatoms. The molecular weight excluding hydrogens is 346 g/mol. The fourth-order valence-electron chi connectivity index (χ4n) is 2.74. The van der Waals surface area contributed by atoms with Crippen molar-refractivity contribution in [3.63, 3.8) is 0 Å². The van der Waals surface area contributed by atoms with Crippen molar-refractivity contribution in [1.29, 1.82) is 0 Å². The van der Waals surface area contributed by atoms with Gasteiger partial charge >= 0.3 is 0 Å². The molecule has 0 atom stereocenters. The van der Waals surface area contributed by atoms with Crippen LogP contribution in [0.5, 0.6) is 5.75 Å². The fraction of sp³-hybridized carbons (Fsp3) is 0.286. The van der Waals surface area contributed by atoms with Crippen LogP contribution < -0.4 is 10.1 Å². The van der Waals surface area contributed by atoms with Crippen LogP contribution in [0.3, 0.4) is 0 Å². The topological polar surface area (TPSA) is 49.9 Å². The molecule has 1 heterocycles. The standard InChI is InChI=1S/C21H24ClN3O/c1-21(2,3)20-16(13-24-25-20)12-23-17-8-10-18(11-9-17)26-14-15-6-4-5-7-19(15)22/h4-11,13,23H,12,14H2,1-3H3,(H,24,25). The molecule has 0 saturated carbocycles. The number of aromatic nitrogens is 2. The first-order valence-electron chi connectivity index (χ1n) is 8.67. The Kier molecular flexibility index (Phi) is 5.52.